The fourth-order valence-electron chi connectivity index (χ4n) is 3.50. The van der Waals surface area contributed by atoms with Crippen LogP contribution in [0.15, 0.2) is 5.38 Å². The molecule has 2 fully saturated rings. The summed E-state index contributed by atoms with van der Waals surface area (Å²) in [5.41, 5.74) is 1.16. The zero-order valence-corrected chi connectivity index (χ0v) is 18.6. The van der Waals surface area contributed by atoms with Crippen LogP contribution in [0.5, 0.6) is 0 Å². The van der Waals surface area contributed by atoms with Gasteiger partial charge in [-0.3, -0.25) is 4.90 Å². The van der Waals surface area contributed by atoms with Gasteiger partial charge in [0, 0.05) is 50.1 Å². The quantitative estimate of drug-likeness (QED) is 0.712. The Morgan fingerprint density at radius 1 is 1.35 bits per heavy atom. The lowest BCUT2D eigenvalue weighted by Crippen LogP contribution is -2.52. The highest BCUT2D eigenvalue weighted by Gasteiger charge is 2.38. The summed E-state index contributed by atoms with van der Waals surface area (Å²) in [4.78, 5) is 30.0. The molecule has 0 unspecified atom stereocenters. The lowest BCUT2D eigenvalue weighted by atomic mass is 9.93. The smallest absolute Gasteiger partial charge is 0.475 e. The van der Waals surface area contributed by atoms with Crippen molar-refractivity contribution in [3.8, 4) is 0 Å². The van der Waals surface area contributed by atoms with Gasteiger partial charge in [-0.1, -0.05) is 0 Å². The average molecular weight is 467 g/mol. The number of carboxylic acids is 1. The molecule has 0 saturated carbocycles. The van der Waals surface area contributed by atoms with Crippen molar-refractivity contribution in [2.45, 2.75) is 52.1 Å². The molecule has 2 atom stereocenters. The Morgan fingerprint density at radius 2 is 2.03 bits per heavy atom. The Kier molecular flexibility index (Phi) is 9.07. The number of amides is 2. The fourth-order valence-corrected chi connectivity index (χ4v) is 4.10. The van der Waals surface area contributed by atoms with Crippen LogP contribution in [0.2, 0.25) is 0 Å². The van der Waals surface area contributed by atoms with Gasteiger partial charge in [-0.25, -0.2) is 14.6 Å². The van der Waals surface area contributed by atoms with Crippen molar-refractivity contribution in [3.63, 3.8) is 0 Å². The summed E-state index contributed by atoms with van der Waals surface area (Å²) in [6, 6.07) is 0.202. The topological polar surface area (TPSA) is 95.0 Å². The Labute approximate surface area is 183 Å². The molecular formula is C19H29F3N4O4S. The number of rotatable bonds is 3. The highest BCUT2D eigenvalue weighted by atomic mass is 32.1. The second kappa shape index (κ2) is 11.1. The number of carbonyl (C=O) groups excluding carboxylic acids is 1. The van der Waals surface area contributed by atoms with Gasteiger partial charge in [-0.2, -0.15) is 13.2 Å². The third kappa shape index (κ3) is 8.26. The van der Waals surface area contributed by atoms with Gasteiger partial charge >= 0.3 is 18.2 Å². The number of halogens is 3. The van der Waals surface area contributed by atoms with E-state index in [1.165, 1.54) is 0 Å². The average Bonchev–Trinajstić information content (AvgIpc) is 2.95. The monoisotopic (exact) mass is 466 g/mol. The molecular weight excluding hydrogens is 437 g/mol. The molecule has 0 radical (unpaired) electrons. The van der Waals surface area contributed by atoms with Crippen molar-refractivity contribution < 1.29 is 32.6 Å². The predicted octanol–water partition coefficient (Wildman–Crippen LogP) is 2.73. The molecule has 2 aliphatic rings. The number of nitrogens with one attached hydrogen (secondary N) is 1. The Hall–Kier alpha value is -1.92. The number of likely N-dealkylation sites (tertiary alicyclic amines) is 1. The molecule has 31 heavy (non-hydrogen) atoms. The predicted molar refractivity (Wildman–Crippen MR) is 109 cm³/mol. The number of piperidine rings is 1. The summed E-state index contributed by atoms with van der Waals surface area (Å²) in [5.74, 6) is -2.26. The normalized spacial score (nSPS) is 22.2. The zero-order chi connectivity index (χ0) is 23.2. The Bertz CT molecular complexity index is 744. The van der Waals surface area contributed by atoms with Crippen LogP contribution in [-0.4, -0.2) is 83.0 Å². The summed E-state index contributed by atoms with van der Waals surface area (Å²) in [5, 5.41) is 13.4. The minimum Gasteiger partial charge on any atom is -0.475 e. The molecule has 1 aromatic rings. The standard InChI is InChI=1S/C17H28N4O2S.C2HF3O2/c1-12(2)18-17(22)21-5-4-14-8-20(6-7-23-16(14)10-21)9-15-11-24-13(3)19-15;3-2(4,5)1(6)7/h11-12,14,16H,4-10H2,1-3H3,(H,18,22);(H,6,7)/t14-,16-;/m1./s1. The van der Waals surface area contributed by atoms with Crippen LogP contribution in [0, 0.1) is 12.8 Å². The maximum Gasteiger partial charge on any atom is 0.490 e. The second-order valence-electron chi connectivity index (χ2n) is 7.90. The van der Waals surface area contributed by atoms with E-state index in [-0.39, 0.29) is 18.2 Å². The van der Waals surface area contributed by atoms with E-state index in [2.05, 4.69) is 20.6 Å². The van der Waals surface area contributed by atoms with E-state index in [9.17, 15) is 18.0 Å². The molecule has 0 aromatic carbocycles. The Balaban J connectivity index is 0.000000423. The molecule has 8 nitrogen and oxygen atoms in total. The van der Waals surface area contributed by atoms with E-state index in [1.54, 1.807) is 11.3 Å². The first kappa shape index (κ1) is 25.3. The van der Waals surface area contributed by atoms with Crippen LogP contribution < -0.4 is 5.32 Å². The summed E-state index contributed by atoms with van der Waals surface area (Å²) in [6.07, 6.45) is -3.93. The molecule has 2 N–H and O–H groups in total. The third-order valence-corrected chi connectivity index (χ3v) is 5.74. The van der Waals surface area contributed by atoms with Crippen LogP contribution >= 0.6 is 11.3 Å². The van der Waals surface area contributed by atoms with E-state index >= 15 is 0 Å². The number of aromatic nitrogens is 1. The molecule has 3 rings (SSSR count). The summed E-state index contributed by atoms with van der Waals surface area (Å²) in [6.45, 7) is 11.1. The molecule has 2 amide bonds. The van der Waals surface area contributed by atoms with Crippen molar-refractivity contribution in [1.82, 2.24) is 20.1 Å². The molecule has 12 heteroatoms. The van der Waals surface area contributed by atoms with Crippen LogP contribution in [0.4, 0.5) is 18.0 Å². The third-order valence-electron chi connectivity index (χ3n) is 4.92. The number of urea groups is 1. The lowest BCUT2D eigenvalue weighted by Gasteiger charge is -2.38. The number of aliphatic carboxylic acids is 1. The SMILES string of the molecule is Cc1nc(CN2CCO[C@@H]3CN(C(=O)NC(C)C)CC[C@@H]3C2)cs1.O=C(O)C(F)(F)F. The van der Waals surface area contributed by atoms with Crippen molar-refractivity contribution in [2.75, 3.05) is 32.8 Å². The molecule has 2 saturated heterocycles. The van der Waals surface area contributed by atoms with E-state index < -0.39 is 12.1 Å². The molecule has 0 bridgehead atoms. The maximum absolute atomic E-state index is 12.2. The highest BCUT2D eigenvalue weighted by Crippen LogP contribution is 2.25. The molecule has 176 valence electrons. The number of alkyl halides is 3. The van der Waals surface area contributed by atoms with Crippen LogP contribution in [-0.2, 0) is 16.1 Å². The number of carbonyl (C=O) groups is 2. The van der Waals surface area contributed by atoms with E-state index in [1.807, 2.05) is 25.7 Å². The van der Waals surface area contributed by atoms with E-state index in [0.29, 0.717) is 12.5 Å². The largest absolute Gasteiger partial charge is 0.490 e. The van der Waals surface area contributed by atoms with Crippen LogP contribution in [0.25, 0.3) is 0 Å². The number of thiazole rings is 1. The highest BCUT2D eigenvalue weighted by molar-refractivity contribution is 7.09. The first-order chi connectivity index (χ1) is 14.5. The molecule has 2 aliphatic heterocycles. The van der Waals surface area contributed by atoms with Gasteiger partial charge in [-0.05, 0) is 27.2 Å². The number of fused-ring (bicyclic) bond motifs is 1. The molecule has 1 aromatic heterocycles. The number of carboxylic acid groups (broad SMARTS) is 1. The van der Waals surface area contributed by atoms with Crippen LogP contribution in [0.1, 0.15) is 31.0 Å². The van der Waals surface area contributed by atoms with Gasteiger partial charge in [0.25, 0.3) is 0 Å². The number of aryl methyl sites for hydroxylation is 1. The van der Waals surface area contributed by atoms with Gasteiger partial charge in [-0.15, -0.1) is 11.3 Å². The van der Waals surface area contributed by atoms with Crippen molar-refractivity contribution in [2.24, 2.45) is 5.92 Å². The number of hydrogen-bond donors (Lipinski definition) is 2. The number of ether oxygens (including phenoxy) is 1. The van der Waals surface area contributed by atoms with Crippen molar-refractivity contribution >= 4 is 23.3 Å². The zero-order valence-electron chi connectivity index (χ0n) is 17.8. The van der Waals surface area contributed by atoms with Gasteiger partial charge in [0.1, 0.15) is 0 Å². The van der Waals surface area contributed by atoms with Crippen LogP contribution in [0.3, 0.4) is 0 Å². The van der Waals surface area contributed by atoms with Gasteiger partial charge in [0.2, 0.25) is 0 Å². The second-order valence-corrected chi connectivity index (χ2v) is 8.97. The first-order valence-corrected chi connectivity index (χ1v) is 10.9. The molecule has 0 aliphatic carbocycles. The maximum atomic E-state index is 12.2. The molecule has 0 spiro atoms. The summed E-state index contributed by atoms with van der Waals surface area (Å²) < 4.78 is 37.8. The van der Waals surface area contributed by atoms with Gasteiger partial charge < -0.3 is 20.1 Å². The van der Waals surface area contributed by atoms with Gasteiger partial charge in [0.05, 0.1) is 23.4 Å². The summed E-state index contributed by atoms with van der Waals surface area (Å²) in [7, 11) is 0. The minimum absolute atomic E-state index is 0.0334. The number of nitrogens with zero attached hydrogens (tertiary/aromatic N) is 3. The Morgan fingerprint density at radius 3 is 2.58 bits per heavy atom. The minimum atomic E-state index is -5.08. The lowest BCUT2D eigenvalue weighted by molar-refractivity contribution is -0.192. The molecule has 3 heterocycles. The van der Waals surface area contributed by atoms with E-state index in [4.69, 9.17) is 14.6 Å². The first-order valence-electron chi connectivity index (χ1n) is 10.1. The van der Waals surface area contributed by atoms with Crippen molar-refractivity contribution in [1.29, 1.82) is 0 Å². The van der Waals surface area contributed by atoms with Gasteiger partial charge in [0.15, 0.2) is 0 Å². The van der Waals surface area contributed by atoms with E-state index in [0.717, 1.165) is 49.9 Å². The summed E-state index contributed by atoms with van der Waals surface area (Å²) >= 11 is 1.71. The van der Waals surface area contributed by atoms with Crippen molar-refractivity contribution in [3.05, 3.63) is 16.1 Å². The fraction of sp³-hybridized carbons (Fsp3) is 0.737. The number of hydrogen-bond acceptors (Lipinski definition) is 6.